The van der Waals surface area contributed by atoms with Crippen molar-refractivity contribution in [3.63, 3.8) is 0 Å². The van der Waals surface area contributed by atoms with E-state index >= 15 is 0 Å². The van der Waals surface area contributed by atoms with Crippen molar-refractivity contribution >= 4 is 0 Å². The highest BCUT2D eigenvalue weighted by Gasteiger charge is 2.40. The molecule has 1 aliphatic rings. The summed E-state index contributed by atoms with van der Waals surface area (Å²) in [6.07, 6.45) is 0.977. The Morgan fingerprint density at radius 1 is 1.06 bits per heavy atom. The highest BCUT2D eigenvalue weighted by atomic mass is 16.6. The van der Waals surface area contributed by atoms with Gasteiger partial charge < -0.3 is 14.2 Å². The van der Waals surface area contributed by atoms with Gasteiger partial charge in [0.05, 0.1) is 31.0 Å². The molecule has 3 nitrogen and oxygen atoms in total. The van der Waals surface area contributed by atoms with Crippen molar-refractivity contribution in [2.24, 2.45) is 5.92 Å². The zero-order chi connectivity index (χ0) is 12.3. The van der Waals surface area contributed by atoms with E-state index in [1.165, 1.54) is 0 Å². The second kappa shape index (κ2) is 5.99. The van der Waals surface area contributed by atoms with E-state index < -0.39 is 0 Å². The predicted octanol–water partition coefficient (Wildman–Crippen LogP) is 2.63. The van der Waals surface area contributed by atoms with E-state index in [1.54, 1.807) is 0 Å². The van der Waals surface area contributed by atoms with Crippen LogP contribution in [0.2, 0.25) is 0 Å². The Kier molecular flexibility index (Phi) is 5.22. The van der Waals surface area contributed by atoms with Crippen LogP contribution in [-0.2, 0) is 14.2 Å². The molecule has 1 heterocycles. The summed E-state index contributed by atoms with van der Waals surface area (Å²) < 4.78 is 17.5. The van der Waals surface area contributed by atoms with Crippen LogP contribution in [-0.4, -0.2) is 37.1 Å². The molecule has 0 aromatic carbocycles. The summed E-state index contributed by atoms with van der Waals surface area (Å²) >= 11 is 0. The van der Waals surface area contributed by atoms with E-state index in [1.807, 2.05) is 13.8 Å². The third-order valence-electron chi connectivity index (χ3n) is 3.04. The van der Waals surface area contributed by atoms with Crippen molar-refractivity contribution in [2.75, 3.05) is 6.61 Å². The maximum absolute atomic E-state index is 5.93. The molecule has 0 amide bonds. The first kappa shape index (κ1) is 13.9. The maximum atomic E-state index is 5.93. The molecule has 0 radical (unpaired) electrons. The topological polar surface area (TPSA) is 27.7 Å². The van der Waals surface area contributed by atoms with E-state index in [-0.39, 0.29) is 30.5 Å². The van der Waals surface area contributed by atoms with Crippen molar-refractivity contribution in [3.8, 4) is 0 Å². The molecule has 16 heavy (non-hydrogen) atoms. The molecule has 0 bridgehead atoms. The van der Waals surface area contributed by atoms with Crippen molar-refractivity contribution in [1.29, 1.82) is 0 Å². The van der Waals surface area contributed by atoms with Gasteiger partial charge in [0.15, 0.2) is 0 Å². The number of ether oxygens (including phenoxy) is 3. The zero-order valence-corrected chi connectivity index (χ0v) is 11.4. The van der Waals surface area contributed by atoms with E-state index in [2.05, 4.69) is 27.7 Å². The number of rotatable bonds is 5. The first-order valence-electron chi connectivity index (χ1n) is 6.34. The third kappa shape index (κ3) is 3.72. The first-order chi connectivity index (χ1) is 7.41. The van der Waals surface area contributed by atoms with Gasteiger partial charge in [0.25, 0.3) is 0 Å². The lowest BCUT2D eigenvalue weighted by atomic mass is 9.99. The largest absolute Gasteiger partial charge is 0.376 e. The van der Waals surface area contributed by atoms with Gasteiger partial charge in [-0.05, 0) is 34.6 Å². The fourth-order valence-corrected chi connectivity index (χ4v) is 2.03. The number of hydrogen-bond donors (Lipinski definition) is 0. The van der Waals surface area contributed by atoms with Crippen LogP contribution in [0.15, 0.2) is 0 Å². The molecule has 0 saturated carbocycles. The van der Waals surface area contributed by atoms with Gasteiger partial charge in [-0.25, -0.2) is 0 Å². The van der Waals surface area contributed by atoms with Crippen LogP contribution >= 0.6 is 0 Å². The molecule has 1 saturated heterocycles. The van der Waals surface area contributed by atoms with Crippen molar-refractivity contribution in [1.82, 2.24) is 0 Å². The molecule has 0 aromatic rings. The van der Waals surface area contributed by atoms with Crippen LogP contribution < -0.4 is 0 Å². The highest BCUT2D eigenvalue weighted by Crippen LogP contribution is 2.30. The molecular formula is C13H26O3. The molecule has 4 atom stereocenters. The summed E-state index contributed by atoms with van der Waals surface area (Å²) in [7, 11) is 0. The van der Waals surface area contributed by atoms with Gasteiger partial charge in [-0.15, -0.1) is 0 Å². The van der Waals surface area contributed by atoms with Gasteiger partial charge in [-0.1, -0.05) is 6.92 Å². The van der Waals surface area contributed by atoms with Gasteiger partial charge in [0.1, 0.15) is 6.10 Å². The fourth-order valence-electron chi connectivity index (χ4n) is 2.03. The van der Waals surface area contributed by atoms with Crippen LogP contribution in [0.5, 0.6) is 0 Å². The molecule has 96 valence electrons. The maximum Gasteiger partial charge on any atom is 0.108 e. The summed E-state index contributed by atoms with van der Waals surface area (Å²) in [6.45, 7) is 13.1. The van der Waals surface area contributed by atoms with Crippen molar-refractivity contribution < 1.29 is 14.2 Å². The lowest BCUT2D eigenvalue weighted by Gasteiger charge is -2.24. The minimum Gasteiger partial charge on any atom is -0.376 e. The molecule has 0 spiro atoms. The van der Waals surface area contributed by atoms with E-state index in [9.17, 15) is 0 Å². The summed E-state index contributed by atoms with van der Waals surface area (Å²) in [4.78, 5) is 0. The Morgan fingerprint density at radius 2 is 1.69 bits per heavy atom. The standard InChI is InChI=1S/C13H26O3/c1-8(2)14-7-12-13(15-9(3)4)10(5)11(6)16-12/h8-13H,7H2,1-6H3. The van der Waals surface area contributed by atoms with Crippen molar-refractivity contribution in [3.05, 3.63) is 0 Å². The van der Waals surface area contributed by atoms with Crippen LogP contribution in [0.4, 0.5) is 0 Å². The van der Waals surface area contributed by atoms with E-state index in [4.69, 9.17) is 14.2 Å². The van der Waals surface area contributed by atoms with E-state index in [0.29, 0.717) is 12.5 Å². The summed E-state index contributed by atoms with van der Waals surface area (Å²) in [6, 6.07) is 0. The van der Waals surface area contributed by atoms with Gasteiger partial charge in [0.2, 0.25) is 0 Å². The second-order valence-corrected chi connectivity index (χ2v) is 5.27. The predicted molar refractivity (Wildman–Crippen MR) is 64.6 cm³/mol. The average molecular weight is 230 g/mol. The van der Waals surface area contributed by atoms with Crippen LogP contribution in [0.25, 0.3) is 0 Å². The lowest BCUT2D eigenvalue weighted by molar-refractivity contribution is -0.0877. The molecule has 3 heteroatoms. The smallest absolute Gasteiger partial charge is 0.108 e. The molecule has 1 rings (SSSR count). The monoisotopic (exact) mass is 230 g/mol. The third-order valence-corrected chi connectivity index (χ3v) is 3.04. The average Bonchev–Trinajstić information content (AvgIpc) is 2.42. The Morgan fingerprint density at radius 3 is 2.19 bits per heavy atom. The van der Waals surface area contributed by atoms with Crippen LogP contribution in [0, 0.1) is 5.92 Å². The Hall–Kier alpha value is -0.120. The summed E-state index contributed by atoms with van der Waals surface area (Å²) in [5, 5.41) is 0. The minimum absolute atomic E-state index is 0.0785. The molecule has 0 aliphatic carbocycles. The van der Waals surface area contributed by atoms with Crippen LogP contribution in [0.3, 0.4) is 0 Å². The molecule has 4 unspecified atom stereocenters. The summed E-state index contributed by atoms with van der Waals surface area (Å²) in [5.74, 6) is 0.433. The molecule has 0 N–H and O–H groups in total. The minimum atomic E-state index is 0.0785. The van der Waals surface area contributed by atoms with Crippen LogP contribution in [0.1, 0.15) is 41.5 Å². The van der Waals surface area contributed by atoms with E-state index in [0.717, 1.165) is 0 Å². The SMILES string of the molecule is CC(C)OCC1OC(C)C(C)C1OC(C)C. The van der Waals surface area contributed by atoms with Crippen molar-refractivity contribution in [2.45, 2.75) is 72.1 Å². The number of hydrogen-bond acceptors (Lipinski definition) is 3. The molecule has 1 fully saturated rings. The molecule has 0 aromatic heterocycles. The Balaban J connectivity index is 2.52. The summed E-state index contributed by atoms with van der Waals surface area (Å²) in [5.41, 5.74) is 0. The molecular weight excluding hydrogens is 204 g/mol. The van der Waals surface area contributed by atoms with Gasteiger partial charge in [0, 0.05) is 5.92 Å². The van der Waals surface area contributed by atoms with Gasteiger partial charge >= 0.3 is 0 Å². The quantitative estimate of drug-likeness (QED) is 0.726. The fraction of sp³-hybridized carbons (Fsp3) is 1.00. The first-order valence-corrected chi connectivity index (χ1v) is 6.34. The van der Waals surface area contributed by atoms with Gasteiger partial charge in [-0.2, -0.15) is 0 Å². The lowest BCUT2D eigenvalue weighted by Crippen LogP contribution is -2.35. The second-order valence-electron chi connectivity index (χ2n) is 5.27. The normalized spacial score (nSPS) is 35.2. The molecule has 1 aliphatic heterocycles. The van der Waals surface area contributed by atoms with Gasteiger partial charge in [-0.3, -0.25) is 0 Å². The zero-order valence-electron chi connectivity index (χ0n) is 11.4. The highest BCUT2D eigenvalue weighted by molar-refractivity contribution is 4.87. The Labute approximate surface area is 99.5 Å². The Bertz CT molecular complexity index is 203.